The number of carboxylic acids is 1. The number of hydrogen-bond acceptors (Lipinski definition) is 9. The number of carboxylic acid groups (broad SMARTS) is 1. The molecule has 0 aliphatic carbocycles. The third kappa shape index (κ3) is 9.41. The molecule has 0 heterocycles. The van der Waals surface area contributed by atoms with E-state index in [-0.39, 0.29) is 6.42 Å². The van der Waals surface area contributed by atoms with Crippen LogP contribution in [0.1, 0.15) is 20.3 Å². The van der Waals surface area contributed by atoms with Gasteiger partial charge in [0, 0.05) is 0 Å². The van der Waals surface area contributed by atoms with Crippen molar-refractivity contribution in [1.82, 2.24) is 16.0 Å². The summed E-state index contributed by atoms with van der Waals surface area (Å²) in [5, 5.41) is 43.8. The van der Waals surface area contributed by atoms with Crippen molar-refractivity contribution in [2.75, 3.05) is 18.6 Å². The first-order valence-electron chi connectivity index (χ1n) is 8.81. The van der Waals surface area contributed by atoms with Gasteiger partial charge in [0.2, 0.25) is 17.7 Å². The van der Waals surface area contributed by atoms with Gasteiger partial charge in [-0.1, -0.05) is 0 Å². The number of carbonyl (C=O) groups is 4. The van der Waals surface area contributed by atoms with Crippen LogP contribution < -0.4 is 21.7 Å². The molecule has 6 atom stereocenters. The Labute approximate surface area is 172 Å². The van der Waals surface area contributed by atoms with Crippen LogP contribution in [-0.2, 0) is 19.2 Å². The average molecular weight is 439 g/mol. The average Bonchev–Trinajstić information content (AvgIpc) is 2.65. The molecule has 9 N–H and O–H groups in total. The van der Waals surface area contributed by atoms with Gasteiger partial charge in [0.1, 0.15) is 24.2 Å². The minimum Gasteiger partial charge on any atom is -0.480 e. The van der Waals surface area contributed by atoms with Crippen LogP contribution in [0, 0.1) is 0 Å². The maximum atomic E-state index is 12.6. The molecule has 0 saturated carbocycles. The van der Waals surface area contributed by atoms with Gasteiger partial charge in [0.25, 0.3) is 0 Å². The molecular formula is C16H30N4O8S. The molecule has 0 rings (SSSR count). The predicted octanol–water partition coefficient (Wildman–Crippen LogP) is -3.64. The second-order valence-electron chi connectivity index (χ2n) is 6.42. The van der Waals surface area contributed by atoms with Gasteiger partial charge in [-0.05, 0) is 32.3 Å². The number of aliphatic hydroxyl groups excluding tert-OH is 3. The molecule has 168 valence electrons. The van der Waals surface area contributed by atoms with E-state index in [0.717, 1.165) is 0 Å². The zero-order valence-corrected chi connectivity index (χ0v) is 17.3. The Balaban J connectivity index is 5.30. The zero-order chi connectivity index (χ0) is 22.7. The maximum absolute atomic E-state index is 12.6. The normalized spacial score (nSPS) is 17.2. The molecule has 0 aromatic heterocycles. The highest BCUT2D eigenvalue weighted by molar-refractivity contribution is 7.98. The first-order valence-corrected chi connectivity index (χ1v) is 10.2. The lowest BCUT2D eigenvalue weighted by atomic mass is 10.1. The van der Waals surface area contributed by atoms with E-state index in [1.54, 1.807) is 6.26 Å². The Morgan fingerprint density at radius 2 is 1.48 bits per heavy atom. The van der Waals surface area contributed by atoms with Crippen molar-refractivity contribution in [3.05, 3.63) is 0 Å². The molecule has 0 aromatic rings. The summed E-state index contributed by atoms with van der Waals surface area (Å²) in [5.74, 6) is -3.62. The van der Waals surface area contributed by atoms with Crippen molar-refractivity contribution in [2.24, 2.45) is 5.73 Å². The number of aliphatic hydroxyl groups is 3. The largest absolute Gasteiger partial charge is 0.480 e. The van der Waals surface area contributed by atoms with Crippen molar-refractivity contribution in [3.63, 3.8) is 0 Å². The fourth-order valence-electron chi connectivity index (χ4n) is 2.10. The molecule has 0 fully saturated rings. The SMILES string of the molecule is CSCCC(NC(=O)C(N)C(C)O)C(=O)NC(C(=O)NC(CO)C(=O)O)C(C)O. The number of amides is 3. The third-order valence-electron chi connectivity index (χ3n) is 3.93. The van der Waals surface area contributed by atoms with E-state index in [9.17, 15) is 29.4 Å². The smallest absolute Gasteiger partial charge is 0.328 e. The van der Waals surface area contributed by atoms with Crippen LogP contribution in [0.3, 0.4) is 0 Å². The Morgan fingerprint density at radius 3 is 1.90 bits per heavy atom. The molecule has 0 saturated heterocycles. The molecule has 0 aliphatic rings. The Morgan fingerprint density at radius 1 is 0.931 bits per heavy atom. The van der Waals surface area contributed by atoms with E-state index in [0.29, 0.717) is 5.75 Å². The molecule has 0 radical (unpaired) electrons. The minimum atomic E-state index is -1.61. The highest BCUT2D eigenvalue weighted by Crippen LogP contribution is 2.04. The van der Waals surface area contributed by atoms with E-state index in [1.807, 2.05) is 5.32 Å². The van der Waals surface area contributed by atoms with Gasteiger partial charge in [0.05, 0.1) is 18.8 Å². The second kappa shape index (κ2) is 13.3. The lowest BCUT2D eigenvalue weighted by Gasteiger charge is -2.26. The number of hydrogen-bond donors (Lipinski definition) is 8. The van der Waals surface area contributed by atoms with Crippen molar-refractivity contribution >= 4 is 35.5 Å². The van der Waals surface area contributed by atoms with Crippen LogP contribution in [0.5, 0.6) is 0 Å². The summed E-state index contributed by atoms with van der Waals surface area (Å²) in [6.45, 7) is 1.64. The van der Waals surface area contributed by atoms with Gasteiger partial charge < -0.3 is 42.1 Å². The quantitative estimate of drug-likeness (QED) is 0.141. The summed E-state index contributed by atoms with van der Waals surface area (Å²) in [6, 6.07) is -5.52. The first kappa shape index (κ1) is 27.1. The molecule has 0 bridgehead atoms. The highest BCUT2D eigenvalue weighted by atomic mass is 32.2. The Bertz CT molecular complexity index is 575. The van der Waals surface area contributed by atoms with Crippen molar-refractivity contribution in [3.8, 4) is 0 Å². The predicted molar refractivity (Wildman–Crippen MR) is 105 cm³/mol. The summed E-state index contributed by atoms with van der Waals surface area (Å²) >= 11 is 1.40. The monoisotopic (exact) mass is 438 g/mol. The number of aliphatic carboxylic acids is 1. The van der Waals surface area contributed by atoms with Crippen LogP contribution in [0.25, 0.3) is 0 Å². The fraction of sp³-hybridized carbons (Fsp3) is 0.750. The number of carbonyl (C=O) groups excluding carboxylic acids is 3. The Kier molecular flexibility index (Phi) is 12.4. The summed E-state index contributed by atoms with van der Waals surface area (Å²) in [4.78, 5) is 47.8. The van der Waals surface area contributed by atoms with Gasteiger partial charge in [-0.2, -0.15) is 11.8 Å². The van der Waals surface area contributed by atoms with Gasteiger partial charge in [-0.3, -0.25) is 14.4 Å². The molecule has 6 unspecified atom stereocenters. The van der Waals surface area contributed by atoms with Gasteiger partial charge in [-0.25, -0.2) is 4.79 Å². The van der Waals surface area contributed by atoms with Crippen LogP contribution in [0.4, 0.5) is 0 Å². The first-order chi connectivity index (χ1) is 13.5. The summed E-state index contributed by atoms with van der Waals surface area (Å²) in [6.07, 6.45) is -0.593. The van der Waals surface area contributed by atoms with Crippen LogP contribution in [0.2, 0.25) is 0 Å². The molecule has 3 amide bonds. The number of rotatable bonds is 13. The molecule has 13 heteroatoms. The zero-order valence-electron chi connectivity index (χ0n) is 16.5. The van der Waals surface area contributed by atoms with E-state index in [1.165, 1.54) is 25.6 Å². The maximum Gasteiger partial charge on any atom is 0.328 e. The molecule has 12 nitrogen and oxygen atoms in total. The summed E-state index contributed by atoms with van der Waals surface area (Å²) in [7, 11) is 0. The lowest BCUT2D eigenvalue weighted by Crippen LogP contribution is -2.60. The standard InChI is InChI=1S/C16H30N4O8S/c1-7(22)11(17)14(25)18-9(4-5-29-3)13(24)20-12(8(2)23)15(26)19-10(6-21)16(27)28/h7-12,21-23H,4-6,17H2,1-3H3,(H,18,25)(H,19,26)(H,20,24)(H,27,28). The number of thioether (sulfide) groups is 1. The van der Waals surface area contributed by atoms with Crippen molar-refractivity contribution < 1.29 is 39.6 Å². The molecule has 29 heavy (non-hydrogen) atoms. The van der Waals surface area contributed by atoms with E-state index in [4.69, 9.17) is 15.9 Å². The van der Waals surface area contributed by atoms with Gasteiger partial charge >= 0.3 is 5.97 Å². The van der Waals surface area contributed by atoms with E-state index in [2.05, 4.69) is 10.6 Å². The minimum absolute atomic E-state index is 0.174. The molecule has 0 spiro atoms. The van der Waals surface area contributed by atoms with E-state index >= 15 is 0 Å². The van der Waals surface area contributed by atoms with Gasteiger partial charge in [0.15, 0.2) is 0 Å². The molecule has 0 aromatic carbocycles. The lowest BCUT2D eigenvalue weighted by molar-refractivity contribution is -0.144. The van der Waals surface area contributed by atoms with Crippen LogP contribution >= 0.6 is 11.8 Å². The van der Waals surface area contributed by atoms with Crippen LogP contribution in [0.15, 0.2) is 0 Å². The highest BCUT2D eigenvalue weighted by Gasteiger charge is 2.32. The fourth-order valence-corrected chi connectivity index (χ4v) is 2.57. The number of nitrogens with two attached hydrogens (primary N) is 1. The summed E-state index contributed by atoms with van der Waals surface area (Å²) in [5.41, 5.74) is 5.55. The van der Waals surface area contributed by atoms with Crippen molar-refractivity contribution in [1.29, 1.82) is 0 Å². The third-order valence-corrected chi connectivity index (χ3v) is 4.57. The van der Waals surface area contributed by atoms with E-state index < -0.39 is 66.7 Å². The number of nitrogens with one attached hydrogen (secondary N) is 3. The van der Waals surface area contributed by atoms with Crippen molar-refractivity contribution in [2.45, 2.75) is 56.6 Å². The second-order valence-corrected chi connectivity index (χ2v) is 7.40. The van der Waals surface area contributed by atoms with Gasteiger partial charge in [-0.15, -0.1) is 0 Å². The van der Waals surface area contributed by atoms with Crippen LogP contribution in [-0.4, -0.2) is 99.1 Å². The Hall–Kier alpha value is -1.93. The summed E-state index contributed by atoms with van der Waals surface area (Å²) < 4.78 is 0. The topological polar surface area (TPSA) is 211 Å². The molecule has 0 aliphatic heterocycles. The molecular weight excluding hydrogens is 408 g/mol.